The number of hydrogen-bond donors (Lipinski definition) is 1. The minimum atomic E-state index is -4.57. The van der Waals surface area contributed by atoms with Crippen LogP contribution in [0.25, 0.3) is 0 Å². The van der Waals surface area contributed by atoms with E-state index in [9.17, 15) is 22.8 Å². The summed E-state index contributed by atoms with van der Waals surface area (Å²) in [7, 11) is 0. The molecule has 30 heavy (non-hydrogen) atoms. The minimum absolute atomic E-state index is 0.138. The van der Waals surface area contributed by atoms with Crippen molar-refractivity contribution in [3.05, 3.63) is 41.7 Å². The third kappa shape index (κ3) is 7.07. The summed E-state index contributed by atoms with van der Waals surface area (Å²) in [6, 6.07) is 4.77. The highest BCUT2D eigenvalue weighted by atomic mass is 32.2. The highest BCUT2D eigenvalue weighted by Gasteiger charge is 2.39. The molecule has 1 N–H and O–H groups in total. The van der Waals surface area contributed by atoms with Gasteiger partial charge in [-0.25, -0.2) is 0 Å². The van der Waals surface area contributed by atoms with Crippen LogP contribution in [0.2, 0.25) is 0 Å². The number of thioether (sulfide) groups is 1. The van der Waals surface area contributed by atoms with Crippen LogP contribution in [0.1, 0.15) is 64.4 Å². The smallest absolute Gasteiger partial charge is 0.418 e. The van der Waals surface area contributed by atoms with Crippen molar-refractivity contribution < 1.29 is 27.5 Å². The Morgan fingerprint density at radius 3 is 2.50 bits per heavy atom. The van der Waals surface area contributed by atoms with Crippen LogP contribution in [0.3, 0.4) is 0 Å². The van der Waals surface area contributed by atoms with E-state index in [-0.39, 0.29) is 10.8 Å². The van der Waals surface area contributed by atoms with Crippen LogP contribution in [0.15, 0.2) is 36.1 Å². The highest BCUT2D eigenvalue weighted by Crippen LogP contribution is 2.44. The van der Waals surface area contributed by atoms with Gasteiger partial charge >= 0.3 is 6.18 Å². The van der Waals surface area contributed by atoms with Gasteiger partial charge in [0.1, 0.15) is 5.76 Å². The van der Waals surface area contributed by atoms with Gasteiger partial charge < -0.3 is 10.1 Å². The molecule has 1 aromatic rings. The molecule has 1 aliphatic heterocycles. The number of para-hydroxylation sites is 1. The highest BCUT2D eigenvalue weighted by molar-refractivity contribution is 8.15. The van der Waals surface area contributed by atoms with Crippen molar-refractivity contribution >= 4 is 28.5 Å². The first-order valence-electron chi connectivity index (χ1n) is 10.2. The van der Waals surface area contributed by atoms with Crippen molar-refractivity contribution in [2.45, 2.75) is 69.7 Å². The minimum Gasteiger partial charge on any atom is -0.486 e. The van der Waals surface area contributed by atoms with Gasteiger partial charge in [0.15, 0.2) is 6.61 Å². The number of halogens is 3. The van der Waals surface area contributed by atoms with Crippen molar-refractivity contribution in [2.24, 2.45) is 0 Å². The first-order chi connectivity index (χ1) is 14.2. The Morgan fingerprint density at radius 2 is 1.80 bits per heavy atom. The molecule has 0 saturated carbocycles. The van der Waals surface area contributed by atoms with E-state index >= 15 is 0 Å². The fourth-order valence-corrected chi connectivity index (χ4v) is 4.42. The van der Waals surface area contributed by atoms with Gasteiger partial charge in [0.25, 0.3) is 5.91 Å². The van der Waals surface area contributed by atoms with Crippen molar-refractivity contribution in [1.29, 1.82) is 0 Å². The molecule has 0 radical (unpaired) electrons. The molecule has 1 unspecified atom stereocenters. The summed E-state index contributed by atoms with van der Waals surface area (Å²) < 4.78 is 44.2. The zero-order valence-electron chi connectivity index (χ0n) is 17.3. The third-order valence-corrected chi connectivity index (χ3v) is 6.14. The molecule has 1 amide bonds. The van der Waals surface area contributed by atoms with E-state index in [0.29, 0.717) is 5.76 Å². The van der Waals surface area contributed by atoms with Gasteiger partial charge in [0.05, 0.1) is 16.0 Å². The van der Waals surface area contributed by atoms with Gasteiger partial charge in [-0.05, 0) is 25.5 Å². The first kappa shape index (κ1) is 24.3. The Morgan fingerprint density at radius 1 is 1.13 bits per heavy atom. The number of carbonyl (C=O) groups is 2. The molecule has 1 atom stereocenters. The Labute approximate surface area is 179 Å². The van der Waals surface area contributed by atoms with Crippen LogP contribution in [-0.4, -0.2) is 22.4 Å². The number of carbonyl (C=O) groups excluding carboxylic acids is 2. The monoisotopic (exact) mass is 443 g/mol. The molecule has 0 aliphatic carbocycles. The molecule has 0 fully saturated rings. The first-order valence-corrected chi connectivity index (χ1v) is 11.0. The number of benzene rings is 1. The predicted molar refractivity (Wildman–Crippen MR) is 113 cm³/mol. The second-order valence-corrected chi connectivity index (χ2v) is 9.07. The van der Waals surface area contributed by atoms with Crippen molar-refractivity contribution in [3.8, 4) is 0 Å². The summed E-state index contributed by atoms with van der Waals surface area (Å²) in [5.74, 6) is -0.302. The summed E-state index contributed by atoms with van der Waals surface area (Å²) in [6.07, 6.45) is 4.26. The molecular weight excluding hydrogens is 415 g/mol. The lowest BCUT2D eigenvalue weighted by molar-refractivity contribution is -0.137. The fourth-order valence-electron chi connectivity index (χ4n) is 3.34. The normalized spacial score (nSPS) is 19.0. The van der Waals surface area contributed by atoms with Crippen molar-refractivity contribution in [1.82, 2.24) is 0 Å². The van der Waals surface area contributed by atoms with Crippen LogP contribution >= 0.6 is 11.8 Å². The van der Waals surface area contributed by atoms with Gasteiger partial charge in [-0.15, -0.1) is 0 Å². The van der Waals surface area contributed by atoms with E-state index in [0.717, 1.165) is 31.7 Å². The molecule has 166 valence electrons. The van der Waals surface area contributed by atoms with Gasteiger partial charge in [-0.2, -0.15) is 13.2 Å². The van der Waals surface area contributed by atoms with Crippen molar-refractivity contribution in [3.63, 3.8) is 0 Å². The number of nitrogens with one attached hydrogen (secondary N) is 1. The molecule has 0 aromatic heterocycles. The average molecular weight is 444 g/mol. The molecule has 0 spiro atoms. The largest absolute Gasteiger partial charge is 0.486 e. The molecular formula is C22H28F3NO3S. The second kappa shape index (κ2) is 10.9. The number of hydrogen-bond acceptors (Lipinski definition) is 4. The van der Waals surface area contributed by atoms with Crippen LogP contribution < -0.4 is 5.32 Å². The zero-order valence-corrected chi connectivity index (χ0v) is 18.1. The van der Waals surface area contributed by atoms with Crippen LogP contribution in [0.5, 0.6) is 0 Å². The van der Waals surface area contributed by atoms with E-state index in [1.54, 1.807) is 0 Å². The topological polar surface area (TPSA) is 55.4 Å². The predicted octanol–water partition coefficient (Wildman–Crippen LogP) is 6.33. The third-order valence-electron chi connectivity index (χ3n) is 4.97. The molecule has 0 bridgehead atoms. The Hall–Kier alpha value is -1.96. The summed E-state index contributed by atoms with van der Waals surface area (Å²) in [5, 5.41) is 2.11. The van der Waals surface area contributed by atoms with Crippen molar-refractivity contribution in [2.75, 3.05) is 11.9 Å². The lowest BCUT2D eigenvalue weighted by atomic mass is 9.99. The number of unbranched alkanes of at least 4 members (excludes halogenated alkanes) is 5. The maximum absolute atomic E-state index is 13.1. The number of rotatable bonds is 11. The summed E-state index contributed by atoms with van der Waals surface area (Å²) in [4.78, 5) is 24.1. The SMILES string of the molecule is CCCCCCCCC1(C)SC(=O)C=C1OCC(=O)Nc1ccccc1C(F)(F)F. The van der Waals surface area contributed by atoms with Crippen LogP contribution in [0.4, 0.5) is 18.9 Å². The Kier molecular flexibility index (Phi) is 8.82. The van der Waals surface area contributed by atoms with Crippen LogP contribution in [0, 0.1) is 0 Å². The number of ether oxygens (including phenoxy) is 1. The Balaban J connectivity index is 1.90. The second-order valence-electron chi connectivity index (χ2n) is 7.56. The summed E-state index contributed by atoms with van der Waals surface area (Å²) in [6.45, 7) is 3.60. The summed E-state index contributed by atoms with van der Waals surface area (Å²) in [5.41, 5.74) is -1.24. The molecule has 1 heterocycles. The zero-order chi connectivity index (χ0) is 22.2. The Bertz CT molecular complexity index is 779. The lowest BCUT2D eigenvalue weighted by Crippen LogP contribution is -2.26. The standard InChI is InChI=1S/C22H28F3NO3S/c1-3-4-5-6-7-10-13-21(2)18(14-20(28)30-21)29-15-19(27)26-17-12-9-8-11-16(17)22(23,24)25/h8-9,11-12,14H,3-7,10,13,15H2,1-2H3,(H,26,27). The van der Waals surface area contributed by atoms with E-state index in [1.807, 2.05) is 6.92 Å². The number of amides is 1. The maximum atomic E-state index is 13.1. The number of alkyl halides is 3. The molecule has 1 aromatic carbocycles. The van der Waals surface area contributed by atoms with E-state index < -0.39 is 29.0 Å². The average Bonchev–Trinajstić information content (AvgIpc) is 2.96. The maximum Gasteiger partial charge on any atom is 0.418 e. The van der Waals surface area contributed by atoms with E-state index in [2.05, 4.69) is 12.2 Å². The van der Waals surface area contributed by atoms with Crippen LogP contribution in [-0.2, 0) is 20.5 Å². The van der Waals surface area contributed by atoms with Gasteiger partial charge in [0.2, 0.25) is 5.12 Å². The van der Waals surface area contributed by atoms with Gasteiger partial charge in [0, 0.05) is 6.08 Å². The van der Waals surface area contributed by atoms with Gasteiger partial charge in [-0.1, -0.05) is 69.3 Å². The van der Waals surface area contributed by atoms with Gasteiger partial charge in [-0.3, -0.25) is 9.59 Å². The number of anilines is 1. The summed E-state index contributed by atoms with van der Waals surface area (Å²) >= 11 is 1.17. The lowest BCUT2D eigenvalue weighted by Gasteiger charge is -2.26. The molecule has 8 heteroatoms. The molecule has 0 saturated heterocycles. The van der Waals surface area contributed by atoms with E-state index in [4.69, 9.17) is 4.74 Å². The fraction of sp³-hybridized carbons (Fsp3) is 0.545. The molecule has 2 rings (SSSR count). The quantitative estimate of drug-likeness (QED) is 0.406. The molecule has 4 nitrogen and oxygen atoms in total. The molecule has 1 aliphatic rings. The van der Waals surface area contributed by atoms with E-state index in [1.165, 1.54) is 55.3 Å².